The number of hydrogen-bond acceptors (Lipinski definition) is 5. The van der Waals surface area contributed by atoms with Gasteiger partial charge in [0.1, 0.15) is 6.33 Å². The average molecular weight is 390 g/mol. The number of amides is 3. The third kappa shape index (κ3) is 3.48. The highest BCUT2D eigenvalue weighted by molar-refractivity contribution is 8.00. The molecule has 0 radical (unpaired) electrons. The Bertz CT molecular complexity index is 724. The molecule has 0 aliphatic heterocycles. The number of imide groups is 1. The van der Waals surface area contributed by atoms with Crippen molar-refractivity contribution < 1.29 is 9.59 Å². The first-order chi connectivity index (χ1) is 13.0. The number of rotatable bonds is 5. The largest absolute Gasteiger partial charge is 0.332 e. The molecule has 5 saturated carbocycles. The van der Waals surface area contributed by atoms with Crippen molar-refractivity contribution in [1.29, 1.82) is 0 Å². The van der Waals surface area contributed by atoms with Crippen molar-refractivity contribution in [2.24, 2.45) is 17.8 Å². The number of hydrogen-bond donors (Lipinski definition) is 2. The molecule has 2 N–H and O–H groups in total. The van der Waals surface area contributed by atoms with Gasteiger partial charge in [0.25, 0.3) is 0 Å². The zero-order valence-corrected chi connectivity index (χ0v) is 16.5. The van der Waals surface area contributed by atoms with Crippen LogP contribution < -0.4 is 10.6 Å². The van der Waals surface area contributed by atoms with Gasteiger partial charge in [0.15, 0.2) is 5.16 Å². The van der Waals surface area contributed by atoms with E-state index in [1.165, 1.54) is 31.0 Å². The second kappa shape index (κ2) is 6.50. The molecule has 27 heavy (non-hydrogen) atoms. The topological polar surface area (TPSA) is 88.9 Å². The molecular weight excluding hydrogens is 362 g/mol. The smallest absolute Gasteiger partial charge is 0.321 e. The minimum atomic E-state index is -0.395. The summed E-state index contributed by atoms with van der Waals surface area (Å²) in [6, 6.07) is 0.134. The Kier molecular flexibility index (Phi) is 4.22. The summed E-state index contributed by atoms with van der Waals surface area (Å²) in [4.78, 5) is 25.1. The van der Waals surface area contributed by atoms with Gasteiger partial charge in [0.05, 0.1) is 5.25 Å². The Balaban J connectivity index is 1.17. The monoisotopic (exact) mass is 389 g/mol. The van der Waals surface area contributed by atoms with E-state index in [0.29, 0.717) is 6.04 Å². The summed E-state index contributed by atoms with van der Waals surface area (Å²) in [5, 5.41) is 14.2. The zero-order valence-electron chi connectivity index (χ0n) is 15.7. The SMILES string of the molecule is CC(Sc1nncn1C1CC1)C(=O)NC(=O)NC12CC3CC(CC(C3)C1)C2. The maximum atomic E-state index is 12.5. The molecule has 6 rings (SSSR count). The van der Waals surface area contributed by atoms with Gasteiger partial charge in [-0.25, -0.2) is 4.79 Å². The zero-order chi connectivity index (χ0) is 18.6. The molecule has 5 aliphatic rings. The summed E-state index contributed by atoms with van der Waals surface area (Å²) in [6.45, 7) is 1.81. The van der Waals surface area contributed by atoms with Gasteiger partial charge in [-0.3, -0.25) is 10.1 Å². The van der Waals surface area contributed by atoms with Crippen LogP contribution in [0.25, 0.3) is 0 Å². The molecule has 0 saturated heterocycles. The Morgan fingerprint density at radius 2 is 1.81 bits per heavy atom. The fourth-order valence-corrected chi connectivity index (χ4v) is 6.77. The second-order valence-electron chi connectivity index (χ2n) is 9.15. The van der Waals surface area contributed by atoms with Crippen LogP contribution in [0.15, 0.2) is 11.5 Å². The highest BCUT2D eigenvalue weighted by Gasteiger charge is 2.51. The number of carbonyl (C=O) groups is 2. The van der Waals surface area contributed by atoms with Crippen molar-refractivity contribution >= 4 is 23.7 Å². The van der Waals surface area contributed by atoms with E-state index < -0.39 is 5.25 Å². The highest BCUT2D eigenvalue weighted by Crippen LogP contribution is 2.55. The molecule has 0 aromatic carbocycles. The van der Waals surface area contributed by atoms with Crippen LogP contribution in [-0.2, 0) is 4.79 Å². The van der Waals surface area contributed by atoms with Gasteiger partial charge in [-0.15, -0.1) is 10.2 Å². The number of urea groups is 1. The van der Waals surface area contributed by atoms with Gasteiger partial charge < -0.3 is 9.88 Å². The van der Waals surface area contributed by atoms with E-state index in [9.17, 15) is 9.59 Å². The number of nitrogens with one attached hydrogen (secondary N) is 2. The number of nitrogens with zero attached hydrogens (tertiary/aromatic N) is 3. The van der Waals surface area contributed by atoms with E-state index in [1.807, 2.05) is 11.5 Å². The van der Waals surface area contributed by atoms with Crippen LogP contribution in [0.4, 0.5) is 4.79 Å². The Labute approximate surface area is 163 Å². The van der Waals surface area contributed by atoms with Gasteiger partial charge in [-0.1, -0.05) is 11.8 Å². The van der Waals surface area contributed by atoms with Crippen molar-refractivity contribution in [3.8, 4) is 0 Å². The molecule has 7 nitrogen and oxygen atoms in total. The maximum Gasteiger partial charge on any atom is 0.321 e. The maximum absolute atomic E-state index is 12.5. The lowest BCUT2D eigenvalue weighted by molar-refractivity contribution is -0.119. The van der Waals surface area contributed by atoms with Crippen molar-refractivity contribution in [3.05, 3.63) is 6.33 Å². The highest BCUT2D eigenvalue weighted by atomic mass is 32.2. The predicted molar refractivity (Wildman–Crippen MR) is 101 cm³/mol. The third-order valence-corrected chi connectivity index (χ3v) is 7.86. The molecule has 1 heterocycles. The Hall–Kier alpha value is -1.57. The third-order valence-electron chi connectivity index (χ3n) is 6.79. The summed E-state index contributed by atoms with van der Waals surface area (Å²) in [7, 11) is 0. The Morgan fingerprint density at radius 3 is 2.41 bits per heavy atom. The molecule has 5 fully saturated rings. The number of thioether (sulfide) groups is 1. The average Bonchev–Trinajstić information content (AvgIpc) is 3.32. The van der Waals surface area contributed by atoms with Gasteiger partial charge in [-0.05, 0) is 76.0 Å². The molecular formula is C19H27N5O2S. The van der Waals surface area contributed by atoms with Crippen molar-refractivity contribution in [1.82, 2.24) is 25.4 Å². The molecule has 0 spiro atoms. The molecule has 1 aromatic heterocycles. The molecule has 1 atom stereocenters. The number of aromatic nitrogens is 3. The van der Waals surface area contributed by atoms with E-state index in [0.717, 1.165) is 55.0 Å². The van der Waals surface area contributed by atoms with Crippen LogP contribution in [0.2, 0.25) is 0 Å². The summed E-state index contributed by atoms with van der Waals surface area (Å²) >= 11 is 1.36. The van der Waals surface area contributed by atoms with E-state index in [2.05, 4.69) is 20.8 Å². The first kappa shape index (κ1) is 17.5. The molecule has 146 valence electrons. The van der Waals surface area contributed by atoms with Gasteiger partial charge in [0.2, 0.25) is 5.91 Å². The molecule has 1 aromatic rings. The van der Waals surface area contributed by atoms with Crippen LogP contribution in [0.5, 0.6) is 0 Å². The van der Waals surface area contributed by atoms with Crippen LogP contribution >= 0.6 is 11.8 Å². The van der Waals surface area contributed by atoms with Gasteiger partial charge in [-0.2, -0.15) is 0 Å². The van der Waals surface area contributed by atoms with Crippen LogP contribution in [0, 0.1) is 17.8 Å². The van der Waals surface area contributed by atoms with E-state index in [4.69, 9.17) is 0 Å². The standard InChI is InChI=1S/C19H27N5O2S/c1-11(27-18-23-20-10-24(18)15-2-3-15)16(25)21-17(26)22-19-7-12-4-13(8-19)6-14(5-12)9-19/h10-15H,2-9H2,1H3,(H2,21,22,25,26). The number of carbonyl (C=O) groups excluding carboxylic acids is 2. The fourth-order valence-electron chi connectivity index (χ4n) is 5.88. The molecule has 8 heteroatoms. The lowest BCUT2D eigenvalue weighted by Crippen LogP contribution is -2.62. The fraction of sp³-hybridized carbons (Fsp3) is 0.789. The van der Waals surface area contributed by atoms with E-state index in [-0.39, 0.29) is 17.5 Å². The van der Waals surface area contributed by atoms with E-state index in [1.54, 1.807) is 6.33 Å². The first-order valence-electron chi connectivity index (χ1n) is 10.2. The normalized spacial score (nSPS) is 35.1. The Morgan fingerprint density at radius 1 is 1.19 bits per heavy atom. The molecule has 5 aliphatic carbocycles. The van der Waals surface area contributed by atoms with Crippen molar-refractivity contribution in [3.63, 3.8) is 0 Å². The summed E-state index contributed by atoms with van der Waals surface area (Å²) in [5.74, 6) is 2.01. The summed E-state index contributed by atoms with van der Waals surface area (Å²) in [6.07, 6.45) is 11.2. The van der Waals surface area contributed by atoms with E-state index >= 15 is 0 Å². The van der Waals surface area contributed by atoms with Gasteiger partial charge in [0, 0.05) is 11.6 Å². The van der Waals surface area contributed by atoms with Crippen LogP contribution in [0.3, 0.4) is 0 Å². The second-order valence-corrected chi connectivity index (χ2v) is 10.5. The van der Waals surface area contributed by atoms with Crippen molar-refractivity contribution in [2.75, 3.05) is 0 Å². The summed E-state index contributed by atoms with van der Waals surface area (Å²) in [5.41, 5.74) is -0.0817. The summed E-state index contributed by atoms with van der Waals surface area (Å²) < 4.78 is 2.03. The van der Waals surface area contributed by atoms with Crippen LogP contribution in [0.1, 0.15) is 64.3 Å². The predicted octanol–water partition coefficient (Wildman–Crippen LogP) is 2.89. The van der Waals surface area contributed by atoms with Crippen LogP contribution in [-0.4, -0.2) is 37.5 Å². The minimum Gasteiger partial charge on any atom is -0.332 e. The lowest BCUT2D eigenvalue weighted by atomic mass is 9.53. The molecule has 4 bridgehead atoms. The van der Waals surface area contributed by atoms with Crippen molar-refractivity contribution in [2.45, 2.75) is 80.3 Å². The first-order valence-corrected chi connectivity index (χ1v) is 11.1. The quantitative estimate of drug-likeness (QED) is 0.756. The minimum absolute atomic E-state index is 0.0817. The van der Waals surface area contributed by atoms with Gasteiger partial charge >= 0.3 is 6.03 Å². The molecule has 1 unspecified atom stereocenters. The lowest BCUT2D eigenvalue weighted by Gasteiger charge is -2.56. The molecule has 3 amide bonds.